The van der Waals surface area contributed by atoms with E-state index in [4.69, 9.17) is 12.2 Å². The zero-order valence-electron chi connectivity index (χ0n) is 16.6. The molecule has 2 heterocycles. The lowest BCUT2D eigenvalue weighted by molar-refractivity contribution is -0.120. The van der Waals surface area contributed by atoms with Gasteiger partial charge >= 0.3 is 0 Å². The lowest BCUT2D eigenvalue weighted by Gasteiger charge is -2.36. The maximum Gasteiger partial charge on any atom is 0.270 e. The Kier molecular flexibility index (Phi) is 5.29. The molecule has 0 radical (unpaired) electrons. The Bertz CT molecular complexity index is 1090. The van der Waals surface area contributed by atoms with Gasteiger partial charge in [-0.3, -0.25) is 24.1 Å². The fourth-order valence-corrected chi connectivity index (χ4v) is 3.71. The number of thiocarbonyl (C=S) groups is 1. The smallest absolute Gasteiger partial charge is 0.270 e. The molecule has 1 aliphatic rings. The molecule has 0 N–H and O–H groups in total. The topological polar surface area (TPSA) is 58.4 Å². The van der Waals surface area contributed by atoms with E-state index in [9.17, 15) is 9.59 Å². The Morgan fingerprint density at radius 2 is 1.40 bits per heavy atom. The van der Waals surface area contributed by atoms with Crippen molar-refractivity contribution in [3.05, 3.63) is 83.7 Å². The highest BCUT2D eigenvalue weighted by Gasteiger charge is 2.41. The minimum atomic E-state index is -0.452. The van der Waals surface area contributed by atoms with Crippen molar-refractivity contribution in [2.24, 2.45) is 0 Å². The molecule has 7 heteroatoms. The summed E-state index contributed by atoms with van der Waals surface area (Å²) in [6.07, 6.45) is 3.43. The summed E-state index contributed by atoms with van der Waals surface area (Å²) in [7, 11) is 0. The number of aromatic nitrogens is 2. The van der Waals surface area contributed by atoms with Gasteiger partial charge in [0.2, 0.25) is 0 Å². The van der Waals surface area contributed by atoms with E-state index in [1.54, 1.807) is 35.0 Å². The number of carbonyl (C=O) groups excluding carboxylic acids is 2. The van der Waals surface area contributed by atoms with Gasteiger partial charge in [0.05, 0.1) is 17.1 Å². The zero-order chi connectivity index (χ0) is 21.3. The molecular formula is C23H20N4O2S. The predicted octanol–water partition coefficient (Wildman–Crippen LogP) is 3.96. The van der Waals surface area contributed by atoms with Crippen LogP contribution in [0.4, 0.5) is 11.4 Å². The van der Waals surface area contributed by atoms with Crippen LogP contribution in [0, 0.1) is 6.92 Å². The van der Waals surface area contributed by atoms with E-state index in [1.807, 2.05) is 56.4 Å². The summed E-state index contributed by atoms with van der Waals surface area (Å²) in [5, 5.41) is 4.54. The number of amides is 2. The van der Waals surface area contributed by atoms with Crippen LogP contribution < -0.4 is 9.80 Å². The van der Waals surface area contributed by atoms with Crippen molar-refractivity contribution in [2.45, 2.75) is 20.4 Å². The maximum atomic E-state index is 13.4. The first-order valence-corrected chi connectivity index (χ1v) is 10.0. The lowest BCUT2D eigenvalue weighted by atomic mass is 10.1. The minimum absolute atomic E-state index is 0.0371. The van der Waals surface area contributed by atoms with Crippen LogP contribution in [0.5, 0.6) is 0 Å². The number of nitrogens with zero attached hydrogens (tertiary/aromatic N) is 4. The first-order chi connectivity index (χ1) is 14.5. The van der Waals surface area contributed by atoms with Crippen LogP contribution in [0.15, 0.2) is 72.4 Å². The van der Waals surface area contributed by atoms with Crippen LogP contribution in [0.25, 0.3) is 6.08 Å². The molecule has 2 amide bonds. The molecule has 1 fully saturated rings. The van der Waals surface area contributed by atoms with Gasteiger partial charge in [0.1, 0.15) is 5.57 Å². The Morgan fingerprint density at radius 3 is 1.83 bits per heavy atom. The Labute approximate surface area is 180 Å². The fourth-order valence-electron chi connectivity index (χ4n) is 3.33. The molecule has 3 aromatic rings. The fraction of sp³-hybridized carbons (Fsp3) is 0.130. The summed E-state index contributed by atoms with van der Waals surface area (Å²) in [6.45, 7) is 4.53. The summed E-state index contributed by atoms with van der Waals surface area (Å²) in [4.78, 5) is 29.6. The highest BCUT2D eigenvalue weighted by Crippen LogP contribution is 2.29. The Balaban J connectivity index is 1.87. The third-order valence-corrected chi connectivity index (χ3v) is 5.25. The first kappa shape index (κ1) is 19.7. The van der Waals surface area contributed by atoms with Gasteiger partial charge in [-0.05, 0) is 56.4 Å². The molecule has 2 aromatic carbocycles. The number of benzene rings is 2. The predicted molar refractivity (Wildman–Crippen MR) is 121 cm³/mol. The van der Waals surface area contributed by atoms with E-state index in [1.165, 1.54) is 9.80 Å². The third kappa shape index (κ3) is 3.44. The van der Waals surface area contributed by atoms with Gasteiger partial charge in [0.15, 0.2) is 5.11 Å². The van der Waals surface area contributed by atoms with E-state index < -0.39 is 11.8 Å². The summed E-state index contributed by atoms with van der Waals surface area (Å²) < 4.78 is 1.77. The quantitative estimate of drug-likeness (QED) is 0.367. The second kappa shape index (κ2) is 8.04. The number of rotatable bonds is 4. The first-order valence-electron chi connectivity index (χ1n) is 9.60. The SMILES string of the molecule is CCn1cc(C=C2C(=O)N(c3ccccc3)C(=S)N(c3ccccc3)C2=O)c(C)n1. The molecule has 150 valence electrons. The van der Waals surface area contributed by atoms with Crippen LogP contribution in [-0.2, 0) is 16.1 Å². The van der Waals surface area contributed by atoms with Crippen LogP contribution >= 0.6 is 12.2 Å². The zero-order valence-corrected chi connectivity index (χ0v) is 17.5. The van der Waals surface area contributed by atoms with Crippen LogP contribution in [0.2, 0.25) is 0 Å². The maximum absolute atomic E-state index is 13.4. The van der Waals surface area contributed by atoms with Gasteiger partial charge in [-0.2, -0.15) is 5.10 Å². The van der Waals surface area contributed by atoms with E-state index in [-0.39, 0.29) is 10.7 Å². The number of hydrogen-bond donors (Lipinski definition) is 0. The van der Waals surface area contributed by atoms with Crippen molar-refractivity contribution in [3.8, 4) is 0 Å². The largest absolute Gasteiger partial charge is 0.272 e. The second-order valence-electron chi connectivity index (χ2n) is 6.82. The highest BCUT2D eigenvalue weighted by atomic mass is 32.1. The van der Waals surface area contributed by atoms with Crippen molar-refractivity contribution >= 4 is 46.6 Å². The molecule has 0 atom stereocenters. The Hall–Kier alpha value is -3.58. The van der Waals surface area contributed by atoms with E-state index >= 15 is 0 Å². The average molecular weight is 417 g/mol. The van der Waals surface area contributed by atoms with Gasteiger partial charge in [0, 0.05) is 18.3 Å². The van der Waals surface area contributed by atoms with Crippen LogP contribution in [0.3, 0.4) is 0 Å². The monoisotopic (exact) mass is 416 g/mol. The van der Waals surface area contributed by atoms with Gasteiger partial charge in [0.25, 0.3) is 11.8 Å². The van der Waals surface area contributed by atoms with Crippen molar-refractivity contribution in [1.82, 2.24) is 9.78 Å². The number of para-hydroxylation sites is 2. The van der Waals surface area contributed by atoms with Gasteiger partial charge in [-0.1, -0.05) is 36.4 Å². The van der Waals surface area contributed by atoms with E-state index in [0.29, 0.717) is 17.9 Å². The van der Waals surface area contributed by atoms with Crippen LogP contribution in [0.1, 0.15) is 18.2 Å². The number of carbonyl (C=O) groups is 2. The summed E-state index contributed by atoms with van der Waals surface area (Å²) in [6, 6.07) is 18.2. The van der Waals surface area contributed by atoms with E-state index in [0.717, 1.165) is 11.3 Å². The third-order valence-electron chi connectivity index (χ3n) is 4.89. The Morgan fingerprint density at radius 1 is 0.900 bits per heavy atom. The van der Waals surface area contributed by atoms with Gasteiger partial charge in [-0.25, -0.2) is 0 Å². The van der Waals surface area contributed by atoms with Crippen molar-refractivity contribution in [2.75, 3.05) is 9.80 Å². The normalized spacial score (nSPS) is 14.5. The number of anilines is 2. The number of hydrogen-bond acceptors (Lipinski definition) is 4. The van der Waals surface area contributed by atoms with Crippen molar-refractivity contribution < 1.29 is 9.59 Å². The van der Waals surface area contributed by atoms with Gasteiger partial charge < -0.3 is 0 Å². The van der Waals surface area contributed by atoms with Crippen molar-refractivity contribution in [3.63, 3.8) is 0 Å². The van der Waals surface area contributed by atoms with Crippen LogP contribution in [-0.4, -0.2) is 26.7 Å². The summed E-state index contributed by atoms with van der Waals surface area (Å²) in [5.41, 5.74) is 2.72. The van der Waals surface area contributed by atoms with Crippen molar-refractivity contribution in [1.29, 1.82) is 0 Å². The highest BCUT2D eigenvalue weighted by molar-refractivity contribution is 7.81. The molecule has 4 rings (SSSR count). The molecule has 0 unspecified atom stereocenters. The minimum Gasteiger partial charge on any atom is -0.272 e. The molecule has 6 nitrogen and oxygen atoms in total. The van der Waals surface area contributed by atoms with Gasteiger partial charge in [-0.15, -0.1) is 0 Å². The molecule has 1 saturated heterocycles. The molecule has 0 aliphatic carbocycles. The standard InChI is InChI=1S/C23H20N4O2S/c1-3-25-15-17(16(2)24-25)14-20-21(28)26(18-10-6-4-7-11-18)23(30)27(22(20)29)19-12-8-5-9-13-19/h4-15H,3H2,1-2H3. The average Bonchev–Trinajstić information content (AvgIpc) is 3.12. The molecule has 30 heavy (non-hydrogen) atoms. The summed E-state index contributed by atoms with van der Waals surface area (Å²) >= 11 is 5.60. The lowest BCUT2D eigenvalue weighted by Crippen LogP contribution is -2.56. The molecule has 0 spiro atoms. The molecule has 0 bridgehead atoms. The summed E-state index contributed by atoms with van der Waals surface area (Å²) in [5.74, 6) is -0.904. The number of aryl methyl sites for hydroxylation is 2. The second-order valence-corrected chi connectivity index (χ2v) is 7.18. The molecule has 1 aliphatic heterocycles. The molecule has 0 saturated carbocycles. The molecular weight excluding hydrogens is 396 g/mol. The van der Waals surface area contributed by atoms with E-state index in [2.05, 4.69) is 5.10 Å². The molecule has 1 aromatic heterocycles.